The molecule has 2 aromatic rings. The summed E-state index contributed by atoms with van der Waals surface area (Å²) < 4.78 is 0. The van der Waals surface area contributed by atoms with Crippen LogP contribution in [0.25, 0.3) is 0 Å². The maximum absolute atomic E-state index is 8.70. The molecule has 0 aliphatic carbocycles. The summed E-state index contributed by atoms with van der Waals surface area (Å²) in [6, 6.07) is 9.57. The van der Waals surface area contributed by atoms with Gasteiger partial charge in [0.2, 0.25) is 0 Å². The average molecular weight is 253 g/mol. The Labute approximate surface area is 112 Å². The zero-order chi connectivity index (χ0) is 13.7. The highest BCUT2D eigenvalue weighted by Crippen LogP contribution is 2.11. The van der Waals surface area contributed by atoms with Gasteiger partial charge in [-0.25, -0.2) is 9.97 Å². The van der Waals surface area contributed by atoms with Crippen molar-refractivity contribution in [3.8, 4) is 6.07 Å². The molecule has 0 aliphatic rings. The molecule has 19 heavy (non-hydrogen) atoms. The fourth-order valence-corrected chi connectivity index (χ4v) is 1.57. The quantitative estimate of drug-likeness (QED) is 0.903. The second kappa shape index (κ2) is 5.83. The van der Waals surface area contributed by atoms with Crippen LogP contribution >= 0.6 is 0 Å². The van der Waals surface area contributed by atoms with Crippen LogP contribution in [0.5, 0.6) is 0 Å². The number of hydrogen-bond acceptors (Lipinski definition) is 5. The van der Waals surface area contributed by atoms with Crippen LogP contribution in [-0.4, -0.2) is 24.1 Å². The Hall–Kier alpha value is -2.61. The van der Waals surface area contributed by atoms with E-state index < -0.39 is 0 Å². The van der Waals surface area contributed by atoms with Gasteiger partial charge in [0.25, 0.3) is 0 Å². The summed E-state index contributed by atoms with van der Waals surface area (Å²) >= 11 is 0. The van der Waals surface area contributed by atoms with Crippen molar-refractivity contribution in [1.29, 1.82) is 5.26 Å². The van der Waals surface area contributed by atoms with Gasteiger partial charge in [-0.3, -0.25) is 0 Å². The second-order valence-corrected chi connectivity index (χ2v) is 4.31. The van der Waals surface area contributed by atoms with Crippen LogP contribution in [0, 0.1) is 11.3 Å². The lowest BCUT2D eigenvalue weighted by atomic mass is 10.2. The molecule has 0 bridgehead atoms. The summed E-state index contributed by atoms with van der Waals surface area (Å²) in [5, 5.41) is 11.9. The minimum Gasteiger partial charge on any atom is -0.366 e. The lowest BCUT2D eigenvalue weighted by Crippen LogP contribution is -2.11. The van der Waals surface area contributed by atoms with Crippen molar-refractivity contribution < 1.29 is 0 Å². The van der Waals surface area contributed by atoms with E-state index >= 15 is 0 Å². The SMILES string of the molecule is CN(C)c1cc(CNc2ccc(C#N)cn2)ccn1. The summed E-state index contributed by atoms with van der Waals surface area (Å²) in [5.74, 6) is 1.68. The number of aromatic nitrogens is 2. The zero-order valence-corrected chi connectivity index (χ0v) is 11.0. The Balaban J connectivity index is 2.02. The molecule has 5 nitrogen and oxygen atoms in total. The van der Waals surface area contributed by atoms with E-state index in [9.17, 15) is 0 Å². The van der Waals surface area contributed by atoms with Crippen LogP contribution < -0.4 is 10.2 Å². The Morgan fingerprint density at radius 3 is 2.74 bits per heavy atom. The van der Waals surface area contributed by atoms with Crippen molar-refractivity contribution in [3.63, 3.8) is 0 Å². The third-order valence-electron chi connectivity index (χ3n) is 2.63. The molecule has 96 valence electrons. The molecule has 0 amide bonds. The minimum absolute atomic E-state index is 0.560. The van der Waals surface area contributed by atoms with Gasteiger partial charge in [0.1, 0.15) is 17.7 Å². The van der Waals surface area contributed by atoms with E-state index in [0.717, 1.165) is 17.2 Å². The van der Waals surface area contributed by atoms with E-state index in [1.807, 2.05) is 37.2 Å². The molecule has 0 aromatic carbocycles. The van der Waals surface area contributed by atoms with Gasteiger partial charge in [-0.1, -0.05) is 0 Å². The van der Waals surface area contributed by atoms with Crippen molar-refractivity contribution in [3.05, 3.63) is 47.8 Å². The maximum atomic E-state index is 8.70. The van der Waals surface area contributed by atoms with Gasteiger partial charge in [0, 0.05) is 33.0 Å². The minimum atomic E-state index is 0.560. The van der Waals surface area contributed by atoms with Crippen LogP contribution in [0.1, 0.15) is 11.1 Å². The van der Waals surface area contributed by atoms with Gasteiger partial charge in [-0.05, 0) is 29.8 Å². The van der Waals surface area contributed by atoms with Gasteiger partial charge in [-0.2, -0.15) is 5.26 Å². The standard InChI is InChI=1S/C14H15N5/c1-19(2)14-7-11(5-6-16-14)9-17-13-4-3-12(8-15)10-18-13/h3-7,10H,9H2,1-2H3,(H,17,18). The van der Waals surface area contributed by atoms with Crippen LogP contribution in [0.15, 0.2) is 36.7 Å². The number of anilines is 2. The van der Waals surface area contributed by atoms with Crippen LogP contribution in [0.4, 0.5) is 11.6 Å². The zero-order valence-electron chi connectivity index (χ0n) is 11.0. The molecule has 0 fully saturated rings. The Morgan fingerprint density at radius 2 is 2.11 bits per heavy atom. The normalized spacial score (nSPS) is 9.74. The smallest absolute Gasteiger partial charge is 0.128 e. The summed E-state index contributed by atoms with van der Waals surface area (Å²) in [7, 11) is 3.92. The molecule has 0 saturated carbocycles. The molecule has 5 heteroatoms. The van der Waals surface area contributed by atoms with E-state index in [0.29, 0.717) is 12.1 Å². The van der Waals surface area contributed by atoms with Crippen molar-refractivity contribution in [2.45, 2.75) is 6.54 Å². The number of pyridine rings is 2. The van der Waals surface area contributed by atoms with E-state index in [-0.39, 0.29) is 0 Å². The van der Waals surface area contributed by atoms with E-state index in [2.05, 4.69) is 15.3 Å². The predicted molar refractivity (Wildman–Crippen MR) is 74.8 cm³/mol. The highest BCUT2D eigenvalue weighted by molar-refractivity contribution is 5.42. The molecule has 2 rings (SSSR count). The van der Waals surface area contributed by atoms with Crippen LogP contribution in [-0.2, 0) is 6.54 Å². The van der Waals surface area contributed by atoms with E-state index in [1.165, 1.54) is 0 Å². The first-order chi connectivity index (χ1) is 9.19. The Bertz CT molecular complexity index is 584. The number of nitrogens with one attached hydrogen (secondary N) is 1. The molecule has 0 aliphatic heterocycles. The average Bonchev–Trinajstić information content (AvgIpc) is 2.46. The molecule has 1 N–H and O–H groups in total. The van der Waals surface area contributed by atoms with Gasteiger partial charge in [0.15, 0.2) is 0 Å². The monoisotopic (exact) mass is 253 g/mol. The largest absolute Gasteiger partial charge is 0.366 e. The Morgan fingerprint density at radius 1 is 1.26 bits per heavy atom. The molecule has 2 heterocycles. The van der Waals surface area contributed by atoms with Crippen molar-refractivity contribution >= 4 is 11.6 Å². The molecular formula is C14H15N5. The number of nitriles is 1. The number of hydrogen-bond donors (Lipinski definition) is 1. The first-order valence-corrected chi connectivity index (χ1v) is 5.91. The Kier molecular flexibility index (Phi) is 3.94. The van der Waals surface area contributed by atoms with Gasteiger partial charge in [0.05, 0.1) is 5.56 Å². The molecule has 0 atom stereocenters. The lowest BCUT2D eigenvalue weighted by molar-refractivity contribution is 1.04. The molecule has 0 spiro atoms. The molecule has 0 unspecified atom stereocenters. The summed E-state index contributed by atoms with van der Waals surface area (Å²) in [5.41, 5.74) is 1.69. The highest BCUT2D eigenvalue weighted by atomic mass is 15.1. The molecular weight excluding hydrogens is 238 g/mol. The molecule has 2 aromatic heterocycles. The van der Waals surface area contributed by atoms with E-state index in [4.69, 9.17) is 5.26 Å². The fraction of sp³-hybridized carbons (Fsp3) is 0.214. The van der Waals surface area contributed by atoms with Crippen molar-refractivity contribution in [1.82, 2.24) is 9.97 Å². The number of rotatable bonds is 4. The highest BCUT2D eigenvalue weighted by Gasteiger charge is 2.00. The first-order valence-electron chi connectivity index (χ1n) is 5.91. The molecule has 0 radical (unpaired) electrons. The number of nitrogens with zero attached hydrogens (tertiary/aromatic N) is 4. The molecule has 0 saturated heterocycles. The van der Waals surface area contributed by atoms with Crippen LogP contribution in [0.2, 0.25) is 0 Å². The van der Waals surface area contributed by atoms with Gasteiger partial charge < -0.3 is 10.2 Å². The lowest BCUT2D eigenvalue weighted by Gasteiger charge is -2.12. The maximum Gasteiger partial charge on any atom is 0.128 e. The van der Waals surface area contributed by atoms with E-state index in [1.54, 1.807) is 24.5 Å². The predicted octanol–water partition coefficient (Wildman–Crippen LogP) is 2.03. The first kappa shape index (κ1) is 12.8. The topological polar surface area (TPSA) is 64.8 Å². The third-order valence-corrected chi connectivity index (χ3v) is 2.63. The van der Waals surface area contributed by atoms with Gasteiger partial charge in [-0.15, -0.1) is 0 Å². The van der Waals surface area contributed by atoms with Gasteiger partial charge >= 0.3 is 0 Å². The summed E-state index contributed by atoms with van der Waals surface area (Å²) in [6.07, 6.45) is 3.35. The fourth-order valence-electron chi connectivity index (χ4n) is 1.57. The van der Waals surface area contributed by atoms with Crippen molar-refractivity contribution in [2.24, 2.45) is 0 Å². The third kappa shape index (κ3) is 3.42. The summed E-state index contributed by atoms with van der Waals surface area (Å²) in [6.45, 7) is 0.669. The van der Waals surface area contributed by atoms with Crippen molar-refractivity contribution in [2.75, 3.05) is 24.3 Å². The van der Waals surface area contributed by atoms with Crippen LogP contribution in [0.3, 0.4) is 0 Å². The second-order valence-electron chi connectivity index (χ2n) is 4.31. The summed E-state index contributed by atoms with van der Waals surface area (Å²) in [4.78, 5) is 10.4.